The van der Waals surface area contributed by atoms with Gasteiger partial charge in [-0.25, -0.2) is 18.4 Å². The van der Waals surface area contributed by atoms with Gasteiger partial charge in [-0.2, -0.15) is 4.31 Å². The van der Waals surface area contributed by atoms with Crippen molar-refractivity contribution in [3.63, 3.8) is 0 Å². The van der Waals surface area contributed by atoms with Crippen LogP contribution in [-0.2, 0) is 10.0 Å². The van der Waals surface area contributed by atoms with Crippen LogP contribution < -0.4 is 4.90 Å². The van der Waals surface area contributed by atoms with Crippen molar-refractivity contribution in [2.45, 2.75) is 24.5 Å². The third-order valence-electron chi connectivity index (χ3n) is 6.11. The van der Waals surface area contributed by atoms with Crippen molar-refractivity contribution < 1.29 is 13.5 Å². The molecular formula is C18H30N6O3S. The van der Waals surface area contributed by atoms with E-state index in [1.54, 1.807) is 12.4 Å². The van der Waals surface area contributed by atoms with Crippen molar-refractivity contribution >= 4 is 16.0 Å². The number of aromatic nitrogens is 2. The molecule has 0 spiro atoms. The topological polar surface area (TPSA) is 93.1 Å². The summed E-state index contributed by atoms with van der Waals surface area (Å²) in [6.45, 7) is 6.97. The Morgan fingerprint density at radius 3 is 2.46 bits per heavy atom. The summed E-state index contributed by atoms with van der Waals surface area (Å²) in [4.78, 5) is 15.6. The molecule has 0 aliphatic carbocycles. The number of sulfonamides is 1. The Bertz CT molecular complexity index is 765. The van der Waals surface area contributed by atoms with E-state index < -0.39 is 15.6 Å². The van der Waals surface area contributed by atoms with E-state index in [2.05, 4.69) is 24.7 Å². The summed E-state index contributed by atoms with van der Waals surface area (Å²) in [6.07, 6.45) is 6.15. The highest BCUT2D eigenvalue weighted by Crippen LogP contribution is 2.27. The number of anilines is 1. The molecule has 0 aromatic carbocycles. The van der Waals surface area contributed by atoms with Gasteiger partial charge in [-0.1, -0.05) is 0 Å². The van der Waals surface area contributed by atoms with Crippen LogP contribution in [0, 0.1) is 0 Å². The second kappa shape index (κ2) is 7.83. The molecule has 4 heterocycles. The van der Waals surface area contributed by atoms with Gasteiger partial charge in [0.15, 0.2) is 0 Å². The zero-order valence-corrected chi connectivity index (χ0v) is 17.3. The van der Waals surface area contributed by atoms with E-state index in [1.165, 1.54) is 10.6 Å². The number of hydrogen-bond donors (Lipinski definition) is 1. The van der Waals surface area contributed by atoms with Gasteiger partial charge >= 0.3 is 0 Å². The highest BCUT2D eigenvalue weighted by Gasteiger charge is 2.42. The van der Waals surface area contributed by atoms with Crippen LogP contribution in [0.15, 0.2) is 18.5 Å². The van der Waals surface area contributed by atoms with Crippen molar-refractivity contribution in [1.29, 1.82) is 0 Å². The average molecular weight is 411 g/mol. The Hall–Kier alpha value is -1.33. The summed E-state index contributed by atoms with van der Waals surface area (Å²) >= 11 is 0. The maximum Gasteiger partial charge on any atom is 0.225 e. The number of nitrogens with zero attached hydrogens (tertiary/aromatic N) is 6. The highest BCUT2D eigenvalue weighted by molar-refractivity contribution is 7.88. The van der Waals surface area contributed by atoms with Crippen molar-refractivity contribution in [3.05, 3.63) is 18.5 Å². The van der Waals surface area contributed by atoms with Gasteiger partial charge in [-0.3, -0.25) is 9.80 Å². The van der Waals surface area contributed by atoms with Gasteiger partial charge in [-0.05, 0) is 18.9 Å². The molecule has 4 rings (SSSR count). The van der Waals surface area contributed by atoms with E-state index in [4.69, 9.17) is 0 Å². The standard InChI is InChI=1S/C18H30N6O3S/c1-28(26,27)24-7-2-4-18(25,15-24)14-21-12-16(13-21)22-8-10-23(11-9-22)17-19-5-3-6-20-17/h3,5-6,16,25H,2,4,7-15H2,1H3. The molecule has 1 atom stereocenters. The molecule has 1 aromatic heterocycles. The smallest absolute Gasteiger partial charge is 0.225 e. The van der Waals surface area contributed by atoms with Gasteiger partial charge < -0.3 is 10.0 Å². The summed E-state index contributed by atoms with van der Waals surface area (Å²) in [6, 6.07) is 2.34. The molecule has 10 heteroatoms. The molecule has 3 saturated heterocycles. The van der Waals surface area contributed by atoms with Crippen molar-refractivity contribution in [1.82, 2.24) is 24.1 Å². The zero-order valence-electron chi connectivity index (χ0n) is 16.4. The fourth-order valence-electron chi connectivity index (χ4n) is 4.54. The molecule has 3 fully saturated rings. The number of piperidine rings is 1. The van der Waals surface area contributed by atoms with Crippen LogP contribution in [0.25, 0.3) is 0 Å². The van der Waals surface area contributed by atoms with E-state index in [9.17, 15) is 13.5 Å². The van der Waals surface area contributed by atoms with Crippen LogP contribution in [-0.4, -0.2) is 114 Å². The van der Waals surface area contributed by atoms with Crippen LogP contribution in [0.4, 0.5) is 5.95 Å². The minimum atomic E-state index is -3.25. The van der Waals surface area contributed by atoms with Gasteiger partial charge in [0, 0.05) is 77.3 Å². The summed E-state index contributed by atoms with van der Waals surface area (Å²) in [5, 5.41) is 10.9. The van der Waals surface area contributed by atoms with E-state index >= 15 is 0 Å². The van der Waals surface area contributed by atoms with E-state index in [0.29, 0.717) is 32.0 Å². The first kappa shape index (κ1) is 20.0. The molecule has 0 amide bonds. The number of β-amino-alcohol motifs (C(OH)–C–C–N with tert-alkyl or cyclic N) is 1. The maximum absolute atomic E-state index is 11.8. The Morgan fingerprint density at radius 1 is 1.14 bits per heavy atom. The third kappa shape index (κ3) is 4.46. The maximum atomic E-state index is 11.8. The molecule has 3 aliphatic heterocycles. The van der Waals surface area contributed by atoms with E-state index in [1.807, 2.05) is 6.07 Å². The molecule has 156 valence electrons. The molecule has 0 bridgehead atoms. The van der Waals surface area contributed by atoms with Crippen LogP contribution in [0.2, 0.25) is 0 Å². The molecule has 0 saturated carbocycles. The first-order chi connectivity index (χ1) is 13.3. The number of likely N-dealkylation sites (tertiary alicyclic amines) is 1. The van der Waals surface area contributed by atoms with Crippen molar-refractivity contribution in [2.24, 2.45) is 0 Å². The summed E-state index contributed by atoms with van der Waals surface area (Å²) in [7, 11) is -3.25. The first-order valence-electron chi connectivity index (χ1n) is 9.98. The number of hydrogen-bond acceptors (Lipinski definition) is 8. The fourth-order valence-corrected chi connectivity index (χ4v) is 5.48. The predicted octanol–water partition coefficient (Wildman–Crippen LogP) is -0.931. The SMILES string of the molecule is CS(=O)(=O)N1CCCC(O)(CN2CC(N3CCN(c4ncccn4)CC3)C2)C1. The summed E-state index contributed by atoms with van der Waals surface area (Å²) in [5.41, 5.74) is -0.935. The molecule has 0 radical (unpaired) electrons. The minimum absolute atomic E-state index is 0.211. The van der Waals surface area contributed by atoms with Gasteiger partial charge in [0.05, 0.1) is 11.9 Å². The van der Waals surface area contributed by atoms with Crippen molar-refractivity contribution in [3.8, 4) is 0 Å². The van der Waals surface area contributed by atoms with Gasteiger partial charge in [0.25, 0.3) is 0 Å². The van der Waals surface area contributed by atoms with Gasteiger partial charge in [0.1, 0.15) is 0 Å². The molecule has 1 aromatic rings. The highest BCUT2D eigenvalue weighted by atomic mass is 32.2. The molecule has 1 unspecified atom stereocenters. The van der Waals surface area contributed by atoms with Crippen LogP contribution >= 0.6 is 0 Å². The quantitative estimate of drug-likeness (QED) is 0.666. The average Bonchev–Trinajstić information content (AvgIpc) is 2.65. The molecule has 28 heavy (non-hydrogen) atoms. The Balaban J connectivity index is 1.23. The summed E-state index contributed by atoms with van der Waals surface area (Å²) < 4.78 is 25.0. The lowest BCUT2D eigenvalue weighted by Crippen LogP contribution is -2.66. The molecule has 9 nitrogen and oxygen atoms in total. The van der Waals surface area contributed by atoms with E-state index in [0.717, 1.165) is 45.2 Å². The monoisotopic (exact) mass is 410 g/mol. The predicted molar refractivity (Wildman–Crippen MR) is 107 cm³/mol. The second-order valence-electron chi connectivity index (χ2n) is 8.34. The van der Waals surface area contributed by atoms with Crippen LogP contribution in [0.5, 0.6) is 0 Å². The Labute approximate surface area is 167 Å². The fraction of sp³-hybridized carbons (Fsp3) is 0.778. The van der Waals surface area contributed by atoms with Crippen LogP contribution in [0.1, 0.15) is 12.8 Å². The summed E-state index contributed by atoms with van der Waals surface area (Å²) in [5.74, 6) is 0.798. The van der Waals surface area contributed by atoms with Crippen LogP contribution in [0.3, 0.4) is 0 Å². The molecule has 3 aliphatic rings. The third-order valence-corrected chi connectivity index (χ3v) is 7.36. The lowest BCUT2D eigenvalue weighted by atomic mass is 9.91. The minimum Gasteiger partial charge on any atom is -0.387 e. The second-order valence-corrected chi connectivity index (χ2v) is 10.3. The van der Waals surface area contributed by atoms with Gasteiger partial charge in [0.2, 0.25) is 16.0 Å². The number of piperazine rings is 1. The van der Waals surface area contributed by atoms with E-state index in [-0.39, 0.29) is 6.54 Å². The lowest BCUT2D eigenvalue weighted by molar-refractivity contribution is -0.0682. The Morgan fingerprint density at radius 2 is 1.82 bits per heavy atom. The Kier molecular flexibility index (Phi) is 5.58. The van der Waals surface area contributed by atoms with Crippen molar-refractivity contribution in [2.75, 3.05) is 70.1 Å². The normalized spacial score (nSPS) is 29.0. The number of aliphatic hydroxyl groups is 1. The molecule has 1 N–H and O–H groups in total. The molecular weight excluding hydrogens is 380 g/mol. The first-order valence-corrected chi connectivity index (χ1v) is 11.8. The zero-order chi connectivity index (χ0) is 19.8. The largest absolute Gasteiger partial charge is 0.387 e. The lowest BCUT2D eigenvalue weighted by Gasteiger charge is -2.51. The number of rotatable bonds is 5. The van der Waals surface area contributed by atoms with Gasteiger partial charge in [-0.15, -0.1) is 0 Å².